The van der Waals surface area contributed by atoms with Gasteiger partial charge in [0.1, 0.15) is 0 Å². The van der Waals surface area contributed by atoms with Crippen LogP contribution < -0.4 is 0 Å². The van der Waals surface area contributed by atoms with E-state index in [2.05, 4.69) is 84.9 Å². The number of allylic oxidation sites excluding steroid dienone is 2. The molecule has 25 heavy (non-hydrogen) atoms. The summed E-state index contributed by atoms with van der Waals surface area (Å²) in [5.74, 6) is 0. The quantitative estimate of drug-likeness (QED) is 0.370. The van der Waals surface area contributed by atoms with Gasteiger partial charge in [0.05, 0.1) is 0 Å². The fourth-order valence-corrected chi connectivity index (χ4v) is 4.32. The third-order valence-corrected chi connectivity index (χ3v) is 5.45. The van der Waals surface area contributed by atoms with Crippen molar-refractivity contribution in [2.24, 2.45) is 0 Å². The molecule has 0 bridgehead atoms. The van der Waals surface area contributed by atoms with Crippen LogP contribution in [0.2, 0.25) is 0 Å². The zero-order chi connectivity index (χ0) is 16.6. The summed E-state index contributed by atoms with van der Waals surface area (Å²) in [4.78, 5) is 0. The Morgan fingerprint density at radius 3 is 1.40 bits per heavy atom. The summed E-state index contributed by atoms with van der Waals surface area (Å²) in [7, 11) is 0. The van der Waals surface area contributed by atoms with Gasteiger partial charge in [0, 0.05) is 0 Å². The topological polar surface area (TPSA) is 0 Å². The fourth-order valence-electron chi connectivity index (χ4n) is 4.32. The maximum absolute atomic E-state index is 2.30. The van der Waals surface area contributed by atoms with E-state index in [1.54, 1.807) is 0 Å². The number of benzene rings is 4. The summed E-state index contributed by atoms with van der Waals surface area (Å²) in [6.07, 6.45) is 3.59. The molecule has 0 amide bonds. The average Bonchev–Trinajstić information content (AvgIpc) is 3.16. The maximum atomic E-state index is 2.30. The summed E-state index contributed by atoms with van der Waals surface area (Å²) in [6, 6.07) is 30.9. The highest BCUT2D eigenvalue weighted by molar-refractivity contribution is 6.06. The molecule has 0 aromatic heterocycles. The van der Waals surface area contributed by atoms with Crippen LogP contribution in [0.25, 0.3) is 32.7 Å². The number of hydrogen-bond acceptors (Lipinski definition) is 0. The van der Waals surface area contributed by atoms with E-state index in [0.29, 0.717) is 0 Å². The van der Waals surface area contributed by atoms with Crippen molar-refractivity contribution < 1.29 is 0 Å². The van der Waals surface area contributed by atoms with Gasteiger partial charge in [-0.15, -0.1) is 0 Å². The Balaban J connectivity index is 1.79. The predicted molar refractivity (Wildman–Crippen MR) is 109 cm³/mol. The Morgan fingerprint density at radius 2 is 0.880 bits per heavy atom. The van der Waals surface area contributed by atoms with Crippen molar-refractivity contribution in [3.8, 4) is 0 Å². The zero-order valence-electron chi connectivity index (χ0n) is 14.2. The molecule has 5 rings (SSSR count). The van der Waals surface area contributed by atoms with Gasteiger partial charge < -0.3 is 0 Å². The van der Waals surface area contributed by atoms with Gasteiger partial charge in [-0.2, -0.15) is 0 Å². The fraction of sp³-hybridized carbons (Fsp3) is 0.120. The van der Waals surface area contributed by atoms with Gasteiger partial charge >= 0.3 is 0 Å². The van der Waals surface area contributed by atoms with Crippen LogP contribution in [0, 0.1) is 0 Å². The smallest absolute Gasteiger partial charge is 0.0109 e. The normalized spacial score (nSPS) is 14.6. The SMILES string of the molecule is c1ccc2c(C3=C(c4cccc5ccccc45)CCC3)cccc2c1. The molecule has 0 radical (unpaired) electrons. The lowest BCUT2D eigenvalue weighted by atomic mass is 9.91. The zero-order valence-corrected chi connectivity index (χ0v) is 14.2. The molecule has 0 fully saturated rings. The molecule has 0 atom stereocenters. The van der Waals surface area contributed by atoms with Crippen LogP contribution >= 0.6 is 0 Å². The first-order valence-electron chi connectivity index (χ1n) is 9.10. The van der Waals surface area contributed by atoms with Crippen LogP contribution in [0.15, 0.2) is 84.9 Å². The van der Waals surface area contributed by atoms with Crippen LogP contribution in [-0.2, 0) is 0 Å². The van der Waals surface area contributed by atoms with Crippen molar-refractivity contribution >= 4 is 32.7 Å². The van der Waals surface area contributed by atoms with Gasteiger partial charge in [0.25, 0.3) is 0 Å². The van der Waals surface area contributed by atoms with E-state index in [4.69, 9.17) is 0 Å². The summed E-state index contributed by atoms with van der Waals surface area (Å²) in [5.41, 5.74) is 5.90. The van der Waals surface area contributed by atoms with Crippen molar-refractivity contribution in [1.29, 1.82) is 0 Å². The molecule has 4 aromatic rings. The summed E-state index contributed by atoms with van der Waals surface area (Å²) < 4.78 is 0. The van der Waals surface area contributed by atoms with Crippen molar-refractivity contribution in [3.63, 3.8) is 0 Å². The number of fused-ring (bicyclic) bond motifs is 2. The van der Waals surface area contributed by atoms with E-state index in [-0.39, 0.29) is 0 Å². The van der Waals surface area contributed by atoms with Gasteiger partial charge in [-0.05, 0) is 63.1 Å². The minimum absolute atomic E-state index is 1.17. The molecule has 0 unspecified atom stereocenters. The Labute approximate surface area is 148 Å². The second kappa shape index (κ2) is 5.89. The average molecular weight is 320 g/mol. The molecule has 0 nitrogen and oxygen atoms in total. The highest BCUT2D eigenvalue weighted by Crippen LogP contribution is 2.43. The Hall–Kier alpha value is -2.86. The summed E-state index contributed by atoms with van der Waals surface area (Å²) in [6.45, 7) is 0. The van der Waals surface area contributed by atoms with Crippen molar-refractivity contribution in [2.45, 2.75) is 19.3 Å². The highest BCUT2D eigenvalue weighted by Gasteiger charge is 2.20. The Bertz CT molecular complexity index is 1020. The van der Waals surface area contributed by atoms with Crippen molar-refractivity contribution in [1.82, 2.24) is 0 Å². The lowest BCUT2D eigenvalue weighted by molar-refractivity contribution is 0.943. The van der Waals surface area contributed by atoms with Crippen molar-refractivity contribution in [2.75, 3.05) is 0 Å². The van der Waals surface area contributed by atoms with Crippen LogP contribution in [0.5, 0.6) is 0 Å². The third-order valence-electron chi connectivity index (χ3n) is 5.45. The molecule has 0 aliphatic heterocycles. The monoisotopic (exact) mass is 320 g/mol. The first kappa shape index (κ1) is 14.5. The third kappa shape index (κ3) is 2.37. The number of hydrogen-bond donors (Lipinski definition) is 0. The molecular weight excluding hydrogens is 300 g/mol. The standard InChI is InChI=1S/C25H20/c1-3-12-20-18(8-1)10-5-14-22(20)24-16-7-17-25(24)23-15-6-11-19-9-2-4-13-21(19)23/h1-6,8-15H,7,16-17H2. The summed E-state index contributed by atoms with van der Waals surface area (Å²) >= 11 is 0. The van der Waals surface area contributed by atoms with E-state index in [9.17, 15) is 0 Å². The van der Waals surface area contributed by atoms with Gasteiger partial charge in [-0.3, -0.25) is 0 Å². The minimum atomic E-state index is 1.17. The molecule has 0 heterocycles. The Morgan fingerprint density at radius 1 is 0.440 bits per heavy atom. The molecule has 0 saturated heterocycles. The molecule has 4 aromatic carbocycles. The van der Waals surface area contributed by atoms with Gasteiger partial charge in [-0.25, -0.2) is 0 Å². The molecule has 0 saturated carbocycles. The van der Waals surface area contributed by atoms with E-state index >= 15 is 0 Å². The molecular formula is C25H20. The molecule has 0 heteroatoms. The molecule has 1 aliphatic rings. The minimum Gasteiger partial charge on any atom is -0.0616 e. The van der Waals surface area contributed by atoms with E-state index in [1.807, 2.05) is 0 Å². The molecule has 0 N–H and O–H groups in total. The van der Waals surface area contributed by atoms with Gasteiger partial charge in [0.2, 0.25) is 0 Å². The second-order valence-electron chi connectivity index (χ2n) is 6.86. The van der Waals surface area contributed by atoms with Gasteiger partial charge in [0.15, 0.2) is 0 Å². The van der Waals surface area contributed by atoms with E-state index in [1.165, 1.54) is 63.1 Å². The Kier molecular flexibility index (Phi) is 3.41. The maximum Gasteiger partial charge on any atom is -0.0109 e. The lowest BCUT2D eigenvalue weighted by Gasteiger charge is -2.13. The first-order valence-corrected chi connectivity index (χ1v) is 9.10. The largest absolute Gasteiger partial charge is 0.0616 e. The van der Waals surface area contributed by atoms with E-state index < -0.39 is 0 Å². The molecule has 120 valence electrons. The number of rotatable bonds is 2. The van der Waals surface area contributed by atoms with Crippen LogP contribution in [0.4, 0.5) is 0 Å². The first-order chi connectivity index (χ1) is 12.4. The van der Waals surface area contributed by atoms with Crippen LogP contribution in [0.3, 0.4) is 0 Å². The summed E-state index contributed by atoms with van der Waals surface area (Å²) in [5, 5.41) is 5.41. The van der Waals surface area contributed by atoms with E-state index in [0.717, 1.165) is 0 Å². The highest BCUT2D eigenvalue weighted by atomic mass is 14.2. The van der Waals surface area contributed by atoms with Crippen molar-refractivity contribution in [3.05, 3.63) is 96.1 Å². The lowest BCUT2D eigenvalue weighted by Crippen LogP contribution is -1.89. The van der Waals surface area contributed by atoms with Gasteiger partial charge in [-0.1, -0.05) is 84.9 Å². The second-order valence-corrected chi connectivity index (χ2v) is 6.86. The predicted octanol–water partition coefficient (Wildman–Crippen LogP) is 7.09. The van der Waals surface area contributed by atoms with Crippen LogP contribution in [-0.4, -0.2) is 0 Å². The molecule has 0 spiro atoms. The molecule has 1 aliphatic carbocycles. The van der Waals surface area contributed by atoms with Crippen LogP contribution in [0.1, 0.15) is 30.4 Å².